The molecule has 194 valence electrons. The minimum Gasteiger partial charge on any atom is -0.478 e. The van der Waals surface area contributed by atoms with E-state index in [1.807, 2.05) is 6.08 Å². The fourth-order valence-electron chi connectivity index (χ4n) is 3.84. The number of halogens is 1. The first-order chi connectivity index (χ1) is 17.2. The third kappa shape index (κ3) is 6.25. The number of rotatable bonds is 7. The summed E-state index contributed by atoms with van der Waals surface area (Å²) in [5.41, 5.74) is 1.50. The number of anilines is 2. The number of methoxy groups -OCH3 is 1. The van der Waals surface area contributed by atoms with Crippen LogP contribution in [0.4, 0.5) is 16.1 Å². The number of hydrogen-bond acceptors (Lipinski definition) is 10. The predicted octanol–water partition coefficient (Wildman–Crippen LogP) is 4.70. The molecule has 2 aliphatic rings. The minimum atomic E-state index is -2.60. The van der Waals surface area contributed by atoms with Gasteiger partial charge in [-0.05, 0) is 50.5 Å². The second-order valence-electron chi connectivity index (χ2n) is 9.27. The van der Waals surface area contributed by atoms with Crippen molar-refractivity contribution in [3.8, 4) is 5.88 Å². The lowest BCUT2D eigenvalue weighted by Crippen LogP contribution is -2.32. The van der Waals surface area contributed by atoms with Crippen molar-refractivity contribution in [2.45, 2.75) is 39.5 Å². The Morgan fingerprint density at radius 3 is 2.75 bits per heavy atom. The van der Waals surface area contributed by atoms with E-state index in [1.165, 1.54) is 37.5 Å². The van der Waals surface area contributed by atoms with Crippen LogP contribution >= 0.6 is 30.1 Å². The van der Waals surface area contributed by atoms with Crippen molar-refractivity contribution < 1.29 is 9.30 Å². The van der Waals surface area contributed by atoms with Crippen molar-refractivity contribution >= 4 is 57.4 Å². The smallest absolute Gasteiger partial charge is 0.260 e. The summed E-state index contributed by atoms with van der Waals surface area (Å²) in [5.74, 6) is 2.32. The van der Waals surface area contributed by atoms with E-state index in [1.54, 1.807) is 13.3 Å². The Kier molecular flexibility index (Phi) is 8.32. The maximum Gasteiger partial charge on any atom is 0.260 e. The molecule has 0 aromatic carbocycles. The molecule has 2 aromatic heterocycles. The fraction of sp³-hybridized carbons (Fsp3) is 0.522. The Bertz CT molecular complexity index is 1250. The lowest BCUT2D eigenvalue weighted by molar-refractivity contribution is 0.398. The van der Waals surface area contributed by atoms with E-state index in [4.69, 9.17) is 16.3 Å². The molecule has 0 amide bonds. The van der Waals surface area contributed by atoms with E-state index < -0.39 is 7.14 Å². The Labute approximate surface area is 220 Å². The first-order valence-corrected chi connectivity index (χ1v) is 15.7. The Morgan fingerprint density at radius 1 is 1.33 bits per heavy atom. The van der Waals surface area contributed by atoms with E-state index >= 15 is 0 Å². The van der Waals surface area contributed by atoms with Crippen molar-refractivity contribution in [3.63, 3.8) is 0 Å². The maximum absolute atomic E-state index is 12.4. The summed E-state index contributed by atoms with van der Waals surface area (Å²) in [5, 5.41) is 17.6. The van der Waals surface area contributed by atoms with Crippen LogP contribution in [0.15, 0.2) is 33.7 Å². The van der Waals surface area contributed by atoms with E-state index in [-0.39, 0.29) is 11.7 Å². The van der Waals surface area contributed by atoms with Crippen LogP contribution in [0.5, 0.6) is 5.88 Å². The molecule has 0 radical (unpaired) electrons. The van der Waals surface area contributed by atoms with Gasteiger partial charge in [-0.15, -0.1) is 10.2 Å². The van der Waals surface area contributed by atoms with Crippen LogP contribution in [0.1, 0.15) is 39.5 Å². The van der Waals surface area contributed by atoms with E-state index in [9.17, 15) is 4.57 Å². The molecule has 2 N–H and O–H groups in total. The maximum atomic E-state index is 12.4. The summed E-state index contributed by atoms with van der Waals surface area (Å²) in [4.78, 5) is 15.6. The highest BCUT2D eigenvalue weighted by atomic mass is 35.5. The fourth-order valence-corrected chi connectivity index (χ4v) is 5.47. The molecule has 4 heterocycles. The SMILES string of the molecule is CCC1=C(Nc2nnc(N3CCC(C)CC3)s2)NC(=Nc2ncc(P(C)(C)=O)nc2OC)C(Cl)=CC1. The van der Waals surface area contributed by atoms with Crippen molar-refractivity contribution in [3.05, 3.63) is 28.7 Å². The Morgan fingerprint density at radius 2 is 2.08 bits per heavy atom. The largest absolute Gasteiger partial charge is 0.478 e. The lowest BCUT2D eigenvalue weighted by Gasteiger charge is -2.29. The van der Waals surface area contributed by atoms with E-state index in [0.29, 0.717) is 27.9 Å². The monoisotopic (exact) mass is 550 g/mol. The average Bonchev–Trinajstić information content (AvgIpc) is 3.26. The molecule has 2 aliphatic heterocycles. The van der Waals surface area contributed by atoms with Gasteiger partial charge in [-0.3, -0.25) is 0 Å². The predicted molar refractivity (Wildman–Crippen MR) is 148 cm³/mol. The molecule has 0 unspecified atom stereocenters. The molecule has 1 saturated heterocycles. The number of ether oxygens (including phenoxy) is 1. The standard InChI is InChI=1S/C23H32ClN8O2PS/c1-6-15-7-8-16(24)19(28-20-21(34-3)26-17(13-25-20)35(4,5)33)27-18(15)29-22-30-31-23(36-22)32-11-9-14(2)10-12-32/h8,13-14H,6-7,9-12H2,1-5H3,(H,29,30)(H,25,27,28). The van der Waals surface area contributed by atoms with Gasteiger partial charge < -0.3 is 24.8 Å². The van der Waals surface area contributed by atoms with Crippen LogP contribution in [-0.2, 0) is 4.57 Å². The third-order valence-corrected chi connectivity index (χ3v) is 8.70. The molecule has 0 bridgehead atoms. The quantitative estimate of drug-likeness (QED) is 0.473. The first kappa shape index (κ1) is 26.6. The lowest BCUT2D eigenvalue weighted by atomic mass is 10.00. The van der Waals surface area contributed by atoms with Gasteiger partial charge in [0.2, 0.25) is 16.1 Å². The summed E-state index contributed by atoms with van der Waals surface area (Å²) in [7, 11) is -1.12. The van der Waals surface area contributed by atoms with Crippen LogP contribution < -0.4 is 25.7 Å². The van der Waals surface area contributed by atoms with Gasteiger partial charge >= 0.3 is 0 Å². The molecule has 0 spiro atoms. The summed E-state index contributed by atoms with van der Waals surface area (Å²) in [6, 6.07) is 0. The highest BCUT2D eigenvalue weighted by Gasteiger charge is 2.22. The van der Waals surface area contributed by atoms with Gasteiger partial charge in [0.1, 0.15) is 18.4 Å². The van der Waals surface area contributed by atoms with Gasteiger partial charge in [0.05, 0.1) is 18.3 Å². The normalized spacial score (nSPS) is 18.7. The van der Waals surface area contributed by atoms with Gasteiger partial charge in [-0.1, -0.05) is 42.9 Å². The van der Waals surface area contributed by atoms with Crippen LogP contribution in [0.3, 0.4) is 0 Å². The van der Waals surface area contributed by atoms with Gasteiger partial charge in [0, 0.05) is 13.1 Å². The number of allylic oxidation sites excluding steroid dienone is 2. The molecular formula is C23H32ClN8O2PS. The molecule has 0 aliphatic carbocycles. The number of aliphatic imine (C=N–C) groups is 1. The van der Waals surface area contributed by atoms with E-state index in [0.717, 1.165) is 42.0 Å². The number of hydrogen-bond donors (Lipinski definition) is 2. The third-order valence-electron chi connectivity index (χ3n) is 6.15. The summed E-state index contributed by atoms with van der Waals surface area (Å²) < 4.78 is 17.8. The summed E-state index contributed by atoms with van der Waals surface area (Å²) in [6.07, 6.45) is 7.16. The first-order valence-electron chi connectivity index (χ1n) is 11.9. The van der Waals surface area contributed by atoms with Crippen LogP contribution in [0.2, 0.25) is 0 Å². The zero-order valence-electron chi connectivity index (χ0n) is 21.2. The number of nitrogens with zero attached hydrogens (tertiary/aromatic N) is 6. The summed E-state index contributed by atoms with van der Waals surface area (Å²) >= 11 is 8.12. The van der Waals surface area contributed by atoms with E-state index in [2.05, 4.69) is 54.5 Å². The summed E-state index contributed by atoms with van der Waals surface area (Å²) in [6.45, 7) is 9.65. The van der Waals surface area contributed by atoms with Crippen LogP contribution in [0, 0.1) is 5.92 Å². The Balaban J connectivity index is 1.59. The molecule has 10 nitrogen and oxygen atoms in total. The molecule has 0 atom stereocenters. The van der Waals surface area contributed by atoms with Crippen molar-refractivity contribution in [2.75, 3.05) is 43.7 Å². The highest BCUT2D eigenvalue weighted by molar-refractivity contribution is 7.69. The zero-order valence-corrected chi connectivity index (χ0v) is 23.7. The molecular weight excluding hydrogens is 519 g/mol. The van der Waals surface area contributed by atoms with Crippen molar-refractivity contribution in [2.24, 2.45) is 10.9 Å². The number of aromatic nitrogens is 4. The molecule has 4 rings (SSSR count). The number of nitrogens with one attached hydrogen (secondary N) is 2. The topological polar surface area (TPSA) is 118 Å². The van der Waals surface area contributed by atoms with Crippen LogP contribution in [-0.4, -0.2) is 59.5 Å². The average molecular weight is 551 g/mol. The number of piperidine rings is 1. The second kappa shape index (κ2) is 11.3. The molecule has 0 saturated carbocycles. The van der Waals surface area contributed by atoms with Crippen molar-refractivity contribution in [1.82, 2.24) is 25.5 Å². The number of amidine groups is 1. The molecule has 36 heavy (non-hydrogen) atoms. The molecule has 2 aromatic rings. The second-order valence-corrected chi connectivity index (χ2v) is 13.8. The zero-order chi connectivity index (χ0) is 25.9. The van der Waals surface area contributed by atoms with Gasteiger partial charge in [0.25, 0.3) is 5.88 Å². The van der Waals surface area contributed by atoms with Gasteiger partial charge in [-0.25, -0.2) is 15.0 Å². The minimum absolute atomic E-state index is 0.179. The molecule has 13 heteroatoms. The Hall–Kier alpha value is -2.49. The van der Waals surface area contributed by atoms with Crippen LogP contribution in [0.25, 0.3) is 0 Å². The van der Waals surface area contributed by atoms with Gasteiger partial charge in [-0.2, -0.15) is 0 Å². The molecule has 1 fully saturated rings. The van der Waals surface area contributed by atoms with Crippen molar-refractivity contribution in [1.29, 1.82) is 0 Å². The highest BCUT2D eigenvalue weighted by Crippen LogP contribution is 2.35. The van der Waals surface area contributed by atoms with Gasteiger partial charge in [0.15, 0.2) is 5.84 Å².